The highest BCUT2D eigenvalue weighted by molar-refractivity contribution is 8.01. The normalized spacial score (nSPS) is 12.3. The van der Waals surface area contributed by atoms with Crippen LogP contribution in [0.5, 0.6) is 5.75 Å². The SMILES string of the molecule is COc1ccc(CNc2nnc(SCC(=O)Nc3sc4c(c3C#N)CCC4)s2)cc1. The number of methoxy groups -OCH3 is 1. The summed E-state index contributed by atoms with van der Waals surface area (Å²) in [6.07, 6.45) is 3.01. The third kappa shape index (κ3) is 4.75. The third-order valence-electron chi connectivity index (χ3n) is 4.62. The molecule has 4 rings (SSSR count). The highest BCUT2D eigenvalue weighted by atomic mass is 32.2. The average molecular weight is 458 g/mol. The van der Waals surface area contributed by atoms with Crippen molar-refractivity contribution >= 4 is 50.5 Å². The minimum absolute atomic E-state index is 0.139. The quantitative estimate of drug-likeness (QED) is 0.486. The van der Waals surface area contributed by atoms with E-state index in [1.165, 1.54) is 39.3 Å². The fourth-order valence-electron chi connectivity index (χ4n) is 3.16. The standard InChI is InChI=1S/C20H19N5O2S3/c1-27-13-7-5-12(6-8-13)10-22-19-24-25-20(30-19)28-11-17(26)23-18-15(9-21)14-3-2-4-16(14)29-18/h5-8H,2-4,10-11H2,1H3,(H,22,24)(H,23,26). The molecule has 2 heterocycles. The molecule has 1 aliphatic carbocycles. The van der Waals surface area contributed by atoms with Crippen LogP contribution in [-0.2, 0) is 24.2 Å². The molecule has 7 nitrogen and oxygen atoms in total. The van der Waals surface area contributed by atoms with Crippen LogP contribution in [-0.4, -0.2) is 29.0 Å². The fourth-order valence-corrected chi connectivity index (χ4v) is 5.96. The number of rotatable bonds is 8. The Bertz CT molecular complexity index is 1090. The van der Waals surface area contributed by atoms with E-state index < -0.39 is 0 Å². The number of carbonyl (C=O) groups is 1. The molecule has 30 heavy (non-hydrogen) atoms. The third-order valence-corrected chi connectivity index (χ3v) is 7.84. The number of hydrogen-bond donors (Lipinski definition) is 2. The predicted octanol–water partition coefficient (Wildman–Crippen LogP) is 4.31. The summed E-state index contributed by atoms with van der Waals surface area (Å²) in [5.41, 5.74) is 2.85. The highest BCUT2D eigenvalue weighted by Crippen LogP contribution is 2.38. The molecule has 0 unspecified atom stereocenters. The maximum atomic E-state index is 12.3. The predicted molar refractivity (Wildman–Crippen MR) is 121 cm³/mol. The molecule has 0 bridgehead atoms. The van der Waals surface area contributed by atoms with Crippen LogP contribution in [0.3, 0.4) is 0 Å². The number of ether oxygens (including phenoxy) is 1. The smallest absolute Gasteiger partial charge is 0.235 e. The van der Waals surface area contributed by atoms with E-state index in [1.54, 1.807) is 7.11 Å². The molecule has 2 aromatic heterocycles. The molecule has 0 atom stereocenters. The number of thioether (sulfide) groups is 1. The van der Waals surface area contributed by atoms with Gasteiger partial charge in [-0.05, 0) is 42.5 Å². The molecule has 0 fully saturated rings. The summed E-state index contributed by atoms with van der Waals surface area (Å²) in [6, 6.07) is 10.1. The average Bonchev–Trinajstić information content (AvgIpc) is 3.47. The molecule has 0 saturated carbocycles. The molecule has 10 heteroatoms. The van der Waals surface area contributed by atoms with Crippen LogP contribution in [0, 0.1) is 11.3 Å². The lowest BCUT2D eigenvalue weighted by Crippen LogP contribution is -2.13. The number of nitrogens with zero attached hydrogens (tertiary/aromatic N) is 3. The number of aromatic nitrogens is 2. The van der Waals surface area contributed by atoms with E-state index in [0.717, 1.165) is 40.5 Å². The molecule has 0 radical (unpaired) electrons. The molecule has 3 aromatic rings. The molecule has 1 aromatic carbocycles. The Balaban J connectivity index is 1.27. The van der Waals surface area contributed by atoms with Crippen molar-refractivity contribution in [1.82, 2.24) is 10.2 Å². The van der Waals surface area contributed by atoms with Crippen molar-refractivity contribution in [3.05, 3.63) is 45.8 Å². The van der Waals surface area contributed by atoms with Crippen molar-refractivity contribution in [3.63, 3.8) is 0 Å². The summed E-state index contributed by atoms with van der Waals surface area (Å²) in [5, 5.41) is 25.2. The molecule has 1 amide bonds. The number of anilines is 2. The summed E-state index contributed by atoms with van der Waals surface area (Å²) in [7, 11) is 1.64. The van der Waals surface area contributed by atoms with Crippen LogP contribution in [0.15, 0.2) is 28.6 Å². The van der Waals surface area contributed by atoms with Crippen molar-refractivity contribution in [2.45, 2.75) is 30.1 Å². The molecule has 0 spiro atoms. The molecule has 0 aliphatic heterocycles. The molecule has 0 saturated heterocycles. The number of fused-ring (bicyclic) bond motifs is 1. The zero-order chi connectivity index (χ0) is 20.9. The number of carbonyl (C=O) groups excluding carboxylic acids is 1. The minimum Gasteiger partial charge on any atom is -0.497 e. The first-order valence-corrected chi connectivity index (χ1v) is 12.0. The lowest BCUT2D eigenvalue weighted by atomic mass is 10.1. The van der Waals surface area contributed by atoms with Gasteiger partial charge < -0.3 is 15.4 Å². The molecule has 1 aliphatic rings. The van der Waals surface area contributed by atoms with Gasteiger partial charge in [-0.1, -0.05) is 35.2 Å². The first-order chi connectivity index (χ1) is 14.7. The second-order valence-electron chi connectivity index (χ2n) is 6.58. The first-order valence-electron chi connectivity index (χ1n) is 9.34. The van der Waals surface area contributed by atoms with Gasteiger partial charge in [-0.15, -0.1) is 21.5 Å². The number of thiophene rings is 1. The second kappa shape index (κ2) is 9.47. The van der Waals surface area contributed by atoms with Gasteiger partial charge in [0.25, 0.3) is 0 Å². The van der Waals surface area contributed by atoms with Crippen molar-refractivity contribution in [1.29, 1.82) is 5.26 Å². The van der Waals surface area contributed by atoms with Crippen LogP contribution in [0.1, 0.15) is 28.0 Å². The van der Waals surface area contributed by atoms with E-state index in [1.807, 2.05) is 24.3 Å². The summed E-state index contributed by atoms with van der Waals surface area (Å²) in [5.74, 6) is 0.903. The van der Waals surface area contributed by atoms with E-state index in [-0.39, 0.29) is 11.7 Å². The van der Waals surface area contributed by atoms with Gasteiger partial charge in [-0.2, -0.15) is 5.26 Å². The van der Waals surface area contributed by atoms with Gasteiger partial charge >= 0.3 is 0 Å². The van der Waals surface area contributed by atoms with E-state index in [4.69, 9.17) is 4.74 Å². The summed E-state index contributed by atoms with van der Waals surface area (Å²) in [6.45, 7) is 0.629. The lowest BCUT2D eigenvalue weighted by molar-refractivity contribution is -0.113. The van der Waals surface area contributed by atoms with Gasteiger partial charge in [0.05, 0.1) is 18.4 Å². The first kappa shape index (κ1) is 20.7. The summed E-state index contributed by atoms with van der Waals surface area (Å²) < 4.78 is 5.88. The fraction of sp³-hybridized carbons (Fsp3) is 0.300. The second-order valence-corrected chi connectivity index (χ2v) is 9.89. The Morgan fingerprint density at radius 3 is 2.87 bits per heavy atom. The van der Waals surface area contributed by atoms with Gasteiger partial charge in [0.2, 0.25) is 11.0 Å². The van der Waals surface area contributed by atoms with Gasteiger partial charge in [-0.25, -0.2) is 0 Å². The number of hydrogen-bond acceptors (Lipinski definition) is 9. The Morgan fingerprint density at radius 1 is 1.27 bits per heavy atom. The Morgan fingerprint density at radius 2 is 2.10 bits per heavy atom. The van der Waals surface area contributed by atoms with E-state index in [9.17, 15) is 10.1 Å². The van der Waals surface area contributed by atoms with E-state index in [2.05, 4.69) is 26.9 Å². The Hall–Kier alpha value is -2.61. The summed E-state index contributed by atoms with van der Waals surface area (Å²) >= 11 is 4.27. The van der Waals surface area contributed by atoms with Gasteiger partial charge in [0.1, 0.15) is 16.8 Å². The topological polar surface area (TPSA) is 99.9 Å². The molecular weight excluding hydrogens is 438 g/mol. The number of amides is 1. The van der Waals surface area contributed by atoms with Crippen molar-refractivity contribution in [3.8, 4) is 11.8 Å². The molecule has 154 valence electrons. The highest BCUT2D eigenvalue weighted by Gasteiger charge is 2.23. The number of nitriles is 1. The van der Waals surface area contributed by atoms with Crippen molar-refractivity contribution in [2.75, 3.05) is 23.5 Å². The minimum atomic E-state index is -0.139. The van der Waals surface area contributed by atoms with Gasteiger partial charge in [0.15, 0.2) is 4.34 Å². The van der Waals surface area contributed by atoms with E-state index in [0.29, 0.717) is 22.2 Å². The molecule has 2 N–H and O–H groups in total. The summed E-state index contributed by atoms with van der Waals surface area (Å²) in [4.78, 5) is 13.6. The van der Waals surface area contributed by atoms with Crippen molar-refractivity contribution in [2.24, 2.45) is 0 Å². The largest absolute Gasteiger partial charge is 0.497 e. The maximum Gasteiger partial charge on any atom is 0.235 e. The zero-order valence-corrected chi connectivity index (χ0v) is 18.7. The number of benzene rings is 1. The monoisotopic (exact) mass is 457 g/mol. The van der Waals surface area contributed by atoms with Crippen LogP contribution >= 0.6 is 34.4 Å². The van der Waals surface area contributed by atoms with Gasteiger partial charge in [0, 0.05) is 11.4 Å². The van der Waals surface area contributed by atoms with Crippen LogP contribution in [0.2, 0.25) is 0 Å². The Labute approximate surface area is 186 Å². The number of aryl methyl sites for hydroxylation is 1. The zero-order valence-electron chi connectivity index (χ0n) is 16.2. The molecular formula is C20H19N5O2S3. The van der Waals surface area contributed by atoms with Crippen molar-refractivity contribution < 1.29 is 9.53 Å². The van der Waals surface area contributed by atoms with Crippen LogP contribution in [0.25, 0.3) is 0 Å². The number of nitrogens with one attached hydrogen (secondary N) is 2. The van der Waals surface area contributed by atoms with Gasteiger partial charge in [-0.3, -0.25) is 4.79 Å². The van der Waals surface area contributed by atoms with Crippen LogP contribution < -0.4 is 15.4 Å². The lowest BCUT2D eigenvalue weighted by Gasteiger charge is -2.04. The van der Waals surface area contributed by atoms with E-state index >= 15 is 0 Å². The maximum absolute atomic E-state index is 12.3. The van der Waals surface area contributed by atoms with Crippen LogP contribution in [0.4, 0.5) is 10.1 Å². The Kier molecular flexibility index (Phi) is 6.52.